The second kappa shape index (κ2) is 62.3. The molecular formula is C128H162N10O5+6. The van der Waals surface area contributed by atoms with Gasteiger partial charge in [-0.25, -0.2) is 32.4 Å². The summed E-state index contributed by atoms with van der Waals surface area (Å²) in [5.74, 6) is 0. The van der Waals surface area contributed by atoms with Crippen molar-refractivity contribution in [2.75, 3.05) is 0 Å². The summed E-state index contributed by atoms with van der Waals surface area (Å²) in [6, 6.07) is 85.2. The lowest BCUT2D eigenvalue weighted by atomic mass is 10.0. The SMILES string of the molecule is CC.CC.CC.CC.CC.CC.CC.CC.CC.CC.CC.CC.Cc1ccc2c(oc3ccccc32)c1-c1cccc[n+]1C.Cc1ccc2c(oc3ccncc32)c1-c1cccc[n+]1C.Cc1ccc2c(oc3ccncc32)c1-c1cccc[n+]1C.Cc1ccc2c(oc3cnccc32)c1-c1cccc[n+]1C.Cc1ccc2c(oc3ncccc32)c1-c1cccc[n+]1C.Cc1ccccc1-c1cccc[n+]1C. The quantitative estimate of drug-likeness (QED) is 0.149. The Kier molecular flexibility index (Phi) is 51.6. The van der Waals surface area contributed by atoms with E-state index in [0.29, 0.717) is 5.71 Å². The van der Waals surface area contributed by atoms with Gasteiger partial charge in [0.25, 0.3) is 0 Å². The van der Waals surface area contributed by atoms with E-state index in [-0.39, 0.29) is 0 Å². The van der Waals surface area contributed by atoms with Crippen molar-refractivity contribution < 1.29 is 49.5 Å². The maximum Gasteiger partial charge on any atom is 0.227 e. The molecule has 143 heavy (non-hydrogen) atoms. The van der Waals surface area contributed by atoms with Crippen molar-refractivity contribution in [2.45, 2.75) is 208 Å². The summed E-state index contributed by atoms with van der Waals surface area (Å²) in [4.78, 5) is 16.9. The molecule has 0 saturated heterocycles. The van der Waals surface area contributed by atoms with E-state index in [0.717, 1.165) is 138 Å². The number of benzene rings is 7. The van der Waals surface area contributed by atoms with E-state index in [1.54, 1.807) is 31.0 Å². The highest BCUT2D eigenvalue weighted by molar-refractivity contribution is 6.13. The number of hydrogen-bond donors (Lipinski definition) is 0. The van der Waals surface area contributed by atoms with Crippen molar-refractivity contribution in [3.05, 3.63) is 363 Å². The molecule has 0 fully saturated rings. The van der Waals surface area contributed by atoms with Crippen LogP contribution in [-0.2, 0) is 42.3 Å². The van der Waals surface area contributed by atoms with Crippen LogP contribution < -0.4 is 27.4 Å². The summed E-state index contributed by atoms with van der Waals surface area (Å²) < 4.78 is 43.3. The number of aryl methyl sites for hydroxylation is 12. The highest BCUT2D eigenvalue weighted by Gasteiger charge is 2.26. The molecule has 0 spiro atoms. The molecule has 748 valence electrons. The van der Waals surface area contributed by atoms with Crippen LogP contribution in [-0.4, -0.2) is 19.9 Å². The minimum Gasteiger partial charge on any atom is -0.455 e. The van der Waals surface area contributed by atoms with E-state index in [2.05, 4.69) is 344 Å². The molecular weight excluding hydrogens is 1760 g/mol. The van der Waals surface area contributed by atoms with Gasteiger partial charge in [0.1, 0.15) is 81.4 Å². The van der Waals surface area contributed by atoms with Gasteiger partial charge in [-0.05, 0) is 154 Å². The van der Waals surface area contributed by atoms with Crippen molar-refractivity contribution >= 4 is 110 Å². The van der Waals surface area contributed by atoms with Crippen molar-refractivity contribution in [3.63, 3.8) is 0 Å². The first-order valence-electron chi connectivity index (χ1n) is 51.8. The van der Waals surface area contributed by atoms with Gasteiger partial charge in [0.2, 0.25) is 39.9 Å². The molecule has 15 heterocycles. The largest absolute Gasteiger partial charge is 0.455 e. The topological polar surface area (TPSA) is 141 Å². The predicted octanol–water partition coefficient (Wildman–Crippen LogP) is 34.3. The van der Waals surface area contributed by atoms with E-state index < -0.39 is 0 Å². The van der Waals surface area contributed by atoms with E-state index >= 15 is 0 Å². The fraction of sp³-hybridized carbons (Fsp3) is 0.281. The standard InChI is InChI=1S/C19H16NO.4C18H15N2O.C13H14N.12C2H6/c1-13-10-11-15-14-7-3-4-9-17(14)21-19(15)18(13)16-8-5-6-12-20(16)2;1-12-8-9-13-14-6-5-10-19-18(14)21-17(13)16(12)15-7-3-4-11-20(15)2;1-12-6-7-14-13-8-9-19-11-16(13)21-18(14)17(12)15-5-3-4-10-20(15)2;2*1-12-6-7-13-14-11-19-9-8-16(14)21-18(13)17(12)15-5-3-4-10-20(15)2;1-11-7-3-4-8-12(11)13-9-5-6-10-14(13)2;12*1-2/h3-12H,1-2H3;4*3-11H,1-2H3;3-10H,1-2H3;12*1-2H3/q6*+1;;;;;;;;;;;;. The van der Waals surface area contributed by atoms with Crippen LogP contribution in [0.15, 0.2) is 351 Å². The number of furan rings is 5. The van der Waals surface area contributed by atoms with Crippen LogP contribution in [0.2, 0.25) is 0 Å². The second-order valence-corrected chi connectivity index (χ2v) is 30.1. The van der Waals surface area contributed by atoms with Gasteiger partial charge in [-0.15, -0.1) is 0 Å². The average Bonchev–Trinajstić information content (AvgIpc) is 1.63. The molecule has 0 aliphatic rings. The molecule has 0 saturated carbocycles. The number of hydrogen-bond acceptors (Lipinski definition) is 9. The minimum atomic E-state index is 0.693. The molecule has 0 radical (unpaired) electrons. The summed E-state index contributed by atoms with van der Waals surface area (Å²) in [7, 11) is 12.3. The maximum absolute atomic E-state index is 6.16. The van der Waals surface area contributed by atoms with E-state index in [9.17, 15) is 0 Å². The number of para-hydroxylation sites is 1. The fourth-order valence-electron chi connectivity index (χ4n) is 16.2. The van der Waals surface area contributed by atoms with Crippen LogP contribution in [0.5, 0.6) is 0 Å². The van der Waals surface area contributed by atoms with Crippen LogP contribution in [0.4, 0.5) is 0 Å². The third-order valence-corrected chi connectivity index (χ3v) is 22.4. The minimum absolute atomic E-state index is 0.693. The Morgan fingerprint density at radius 3 is 0.769 bits per heavy atom. The van der Waals surface area contributed by atoms with Crippen molar-refractivity contribution in [1.29, 1.82) is 0 Å². The number of pyridine rings is 10. The van der Waals surface area contributed by atoms with Gasteiger partial charge < -0.3 is 22.1 Å². The van der Waals surface area contributed by atoms with E-state index in [1.165, 1.54) is 66.7 Å². The molecule has 0 bridgehead atoms. The summed E-state index contributed by atoms with van der Waals surface area (Å²) in [5.41, 5.74) is 30.3. The average molecular weight is 1920 g/mol. The molecule has 0 atom stereocenters. The first-order chi connectivity index (χ1) is 70.1. The Balaban J connectivity index is 0.000000290. The third kappa shape index (κ3) is 28.1. The van der Waals surface area contributed by atoms with Crippen LogP contribution in [0.3, 0.4) is 0 Å². The lowest BCUT2D eigenvalue weighted by Crippen LogP contribution is -2.30. The zero-order valence-electron chi connectivity index (χ0n) is 92.7. The molecule has 22 rings (SSSR count). The fourth-order valence-corrected chi connectivity index (χ4v) is 16.2. The number of fused-ring (bicyclic) bond motifs is 15. The Labute approximate surface area is 854 Å². The predicted molar refractivity (Wildman–Crippen MR) is 610 cm³/mol. The van der Waals surface area contributed by atoms with Crippen LogP contribution in [0, 0.1) is 41.5 Å². The van der Waals surface area contributed by atoms with Crippen LogP contribution in [0.25, 0.3) is 177 Å². The van der Waals surface area contributed by atoms with Gasteiger partial charge in [0, 0.05) is 169 Å². The summed E-state index contributed by atoms with van der Waals surface area (Å²) in [6.07, 6.45) is 25.0. The zero-order chi connectivity index (χ0) is 106. The Hall–Kier alpha value is -15.0. The number of nitrogens with zero attached hydrogens (tertiary/aromatic N) is 10. The van der Waals surface area contributed by atoms with Gasteiger partial charge in [0.15, 0.2) is 48.3 Å². The summed E-state index contributed by atoms with van der Waals surface area (Å²) >= 11 is 0. The lowest BCUT2D eigenvalue weighted by molar-refractivity contribution is -0.660. The molecule has 0 aliphatic heterocycles. The Morgan fingerprint density at radius 1 is 0.182 bits per heavy atom. The van der Waals surface area contributed by atoms with Gasteiger partial charge in [0.05, 0.1) is 34.0 Å². The first kappa shape index (κ1) is 119. The van der Waals surface area contributed by atoms with Crippen molar-refractivity contribution in [2.24, 2.45) is 42.3 Å². The highest BCUT2D eigenvalue weighted by atomic mass is 16.3. The molecule has 15 nitrogen and oxygen atoms in total. The summed E-state index contributed by atoms with van der Waals surface area (Å²) in [6.45, 7) is 60.7. The van der Waals surface area contributed by atoms with Gasteiger partial charge in [-0.2, -0.15) is 0 Å². The first-order valence-corrected chi connectivity index (χ1v) is 51.8. The summed E-state index contributed by atoms with van der Waals surface area (Å²) in [5, 5.41) is 11.1. The van der Waals surface area contributed by atoms with E-state index in [4.69, 9.17) is 22.1 Å². The Bertz CT molecular complexity index is 6600. The number of aromatic nitrogens is 10. The zero-order valence-corrected chi connectivity index (χ0v) is 92.7. The Morgan fingerprint density at radius 2 is 0.434 bits per heavy atom. The molecule has 0 N–H and O–H groups in total. The van der Waals surface area contributed by atoms with Crippen molar-refractivity contribution in [1.82, 2.24) is 19.9 Å². The monoisotopic (exact) mass is 1920 g/mol. The molecule has 0 amide bonds. The van der Waals surface area contributed by atoms with Crippen LogP contribution in [0.1, 0.15) is 200 Å². The molecule has 22 aromatic rings. The van der Waals surface area contributed by atoms with Crippen LogP contribution >= 0.6 is 0 Å². The molecule has 15 aromatic heterocycles. The molecule has 0 unspecified atom stereocenters. The normalized spacial score (nSPS) is 9.82. The van der Waals surface area contributed by atoms with Crippen molar-refractivity contribution in [3.8, 4) is 67.5 Å². The van der Waals surface area contributed by atoms with Gasteiger partial charge in [-0.1, -0.05) is 263 Å². The van der Waals surface area contributed by atoms with E-state index in [1.807, 2.05) is 251 Å². The lowest BCUT2D eigenvalue weighted by Gasteiger charge is -2.04. The molecule has 0 aliphatic carbocycles. The smallest absolute Gasteiger partial charge is 0.227 e. The number of rotatable bonds is 6. The molecule has 15 heteroatoms. The van der Waals surface area contributed by atoms with Gasteiger partial charge >= 0.3 is 0 Å². The molecule has 7 aromatic carbocycles. The second-order valence-electron chi connectivity index (χ2n) is 30.1. The van der Waals surface area contributed by atoms with Gasteiger partial charge in [-0.3, -0.25) is 15.0 Å². The maximum atomic E-state index is 6.16. The highest BCUT2D eigenvalue weighted by Crippen LogP contribution is 2.42. The third-order valence-electron chi connectivity index (χ3n) is 22.4.